The van der Waals surface area contributed by atoms with Gasteiger partial charge in [0.25, 0.3) is 10.0 Å². The number of thiazole rings is 1. The van der Waals surface area contributed by atoms with Crippen molar-refractivity contribution < 1.29 is 13.2 Å². The Hall–Kier alpha value is -1.96. The summed E-state index contributed by atoms with van der Waals surface area (Å²) in [7, 11) is -2.12. The second kappa shape index (κ2) is 6.88. The average Bonchev–Trinajstić information content (AvgIpc) is 2.89. The number of nitrogens with zero attached hydrogens (tertiary/aromatic N) is 2. The molecule has 0 aliphatic heterocycles. The fourth-order valence-electron chi connectivity index (χ4n) is 2.40. The third kappa shape index (κ3) is 3.43. The molecule has 0 radical (unpaired) electrons. The van der Waals surface area contributed by atoms with Gasteiger partial charge in [0.2, 0.25) is 4.80 Å². The molecule has 0 unspecified atom stereocenters. The fourth-order valence-corrected chi connectivity index (χ4v) is 4.78. The Balaban J connectivity index is 2.21. The van der Waals surface area contributed by atoms with Crippen molar-refractivity contribution in [3.8, 4) is 0 Å². The van der Waals surface area contributed by atoms with Gasteiger partial charge in [0.05, 0.1) is 21.7 Å². The zero-order chi connectivity index (χ0) is 17.2. The Morgan fingerprint density at radius 3 is 2.62 bits per heavy atom. The molecule has 3 aromatic rings. The van der Waals surface area contributed by atoms with E-state index in [1.54, 1.807) is 37.4 Å². The van der Waals surface area contributed by atoms with E-state index in [1.165, 1.54) is 11.3 Å². The number of sulfonamides is 1. The number of aryl methyl sites for hydroxylation is 1. The van der Waals surface area contributed by atoms with Gasteiger partial charge in [-0.05, 0) is 36.8 Å². The molecule has 126 valence electrons. The molecule has 0 aliphatic carbocycles. The van der Waals surface area contributed by atoms with Gasteiger partial charge in [0.1, 0.15) is 0 Å². The summed E-state index contributed by atoms with van der Waals surface area (Å²) in [6.45, 7) is 3.04. The minimum Gasteiger partial charge on any atom is -0.383 e. The smallest absolute Gasteiger partial charge is 0.285 e. The first-order valence-corrected chi connectivity index (χ1v) is 9.72. The molecule has 0 N–H and O–H groups in total. The highest BCUT2D eigenvalue weighted by Crippen LogP contribution is 2.20. The molecule has 0 saturated heterocycles. The van der Waals surface area contributed by atoms with Crippen molar-refractivity contribution in [3.05, 3.63) is 58.9 Å². The molecule has 0 aliphatic rings. The van der Waals surface area contributed by atoms with Gasteiger partial charge in [-0.2, -0.15) is 8.42 Å². The van der Waals surface area contributed by atoms with Crippen molar-refractivity contribution in [3.63, 3.8) is 0 Å². The Kier molecular flexibility index (Phi) is 4.84. The highest BCUT2D eigenvalue weighted by atomic mass is 32.2. The van der Waals surface area contributed by atoms with E-state index >= 15 is 0 Å². The van der Waals surface area contributed by atoms with Gasteiger partial charge in [-0.15, -0.1) is 4.40 Å². The normalized spacial score (nSPS) is 12.8. The van der Waals surface area contributed by atoms with Gasteiger partial charge in [0, 0.05) is 13.7 Å². The maximum atomic E-state index is 12.6. The zero-order valence-electron chi connectivity index (χ0n) is 13.5. The molecule has 0 bridgehead atoms. The SMILES string of the molecule is COCCn1c(=NS(=O)(=O)c2ccccc2)sc2cc(C)ccc21. The van der Waals surface area contributed by atoms with Gasteiger partial charge < -0.3 is 9.30 Å². The fraction of sp³-hybridized carbons (Fsp3) is 0.235. The molecule has 0 fully saturated rings. The summed E-state index contributed by atoms with van der Waals surface area (Å²) >= 11 is 1.37. The minimum atomic E-state index is -3.74. The van der Waals surface area contributed by atoms with Crippen LogP contribution in [-0.2, 0) is 21.3 Å². The highest BCUT2D eigenvalue weighted by Gasteiger charge is 2.14. The largest absolute Gasteiger partial charge is 0.383 e. The molecule has 5 nitrogen and oxygen atoms in total. The van der Waals surface area contributed by atoms with E-state index < -0.39 is 10.0 Å². The summed E-state index contributed by atoms with van der Waals surface area (Å²) in [6, 6.07) is 14.3. The van der Waals surface area contributed by atoms with Crippen molar-refractivity contribution in [1.29, 1.82) is 0 Å². The van der Waals surface area contributed by atoms with E-state index in [2.05, 4.69) is 4.40 Å². The van der Waals surface area contributed by atoms with Crippen LogP contribution in [0.3, 0.4) is 0 Å². The molecule has 0 saturated carbocycles. The van der Waals surface area contributed by atoms with Gasteiger partial charge in [0.15, 0.2) is 0 Å². The monoisotopic (exact) mass is 362 g/mol. The molecule has 2 aromatic carbocycles. The summed E-state index contributed by atoms with van der Waals surface area (Å²) in [4.78, 5) is 0.647. The van der Waals surface area contributed by atoms with Gasteiger partial charge in [-0.3, -0.25) is 0 Å². The molecule has 0 spiro atoms. The van der Waals surface area contributed by atoms with Crippen LogP contribution in [-0.4, -0.2) is 26.7 Å². The molecule has 3 rings (SSSR count). The number of rotatable bonds is 5. The number of aromatic nitrogens is 1. The van der Waals surface area contributed by atoms with Gasteiger partial charge in [-0.25, -0.2) is 0 Å². The second-order valence-corrected chi connectivity index (χ2v) is 7.99. The minimum absolute atomic E-state index is 0.192. The summed E-state index contributed by atoms with van der Waals surface area (Å²) in [5, 5.41) is 0. The first kappa shape index (κ1) is 16.9. The lowest BCUT2D eigenvalue weighted by molar-refractivity contribution is 0.187. The van der Waals surface area contributed by atoms with Crippen molar-refractivity contribution in [2.45, 2.75) is 18.4 Å². The Morgan fingerprint density at radius 2 is 1.92 bits per heavy atom. The lowest BCUT2D eigenvalue weighted by Crippen LogP contribution is -2.19. The molecule has 24 heavy (non-hydrogen) atoms. The molecule has 1 heterocycles. The predicted molar refractivity (Wildman–Crippen MR) is 95.6 cm³/mol. The lowest BCUT2D eigenvalue weighted by atomic mass is 10.2. The van der Waals surface area contributed by atoms with Crippen LogP contribution >= 0.6 is 11.3 Å². The van der Waals surface area contributed by atoms with Crippen LogP contribution in [0.4, 0.5) is 0 Å². The number of methoxy groups -OCH3 is 1. The third-order valence-electron chi connectivity index (χ3n) is 3.60. The maximum absolute atomic E-state index is 12.6. The lowest BCUT2D eigenvalue weighted by Gasteiger charge is -2.04. The Bertz CT molecular complexity index is 1020. The first-order valence-electron chi connectivity index (χ1n) is 7.46. The maximum Gasteiger partial charge on any atom is 0.285 e. The van der Waals surface area contributed by atoms with Crippen LogP contribution < -0.4 is 4.80 Å². The molecule has 7 heteroatoms. The van der Waals surface area contributed by atoms with E-state index in [9.17, 15) is 8.42 Å². The summed E-state index contributed by atoms with van der Waals surface area (Å²) in [5.41, 5.74) is 2.09. The second-order valence-electron chi connectivity index (χ2n) is 5.38. The van der Waals surface area contributed by atoms with E-state index in [0.717, 1.165) is 15.8 Å². The standard InChI is InChI=1S/C17H18N2O3S2/c1-13-8-9-15-16(12-13)23-17(19(15)10-11-22-2)18-24(20,21)14-6-4-3-5-7-14/h3-9,12H,10-11H2,1-2H3. The molecule has 0 atom stereocenters. The molecular formula is C17H18N2O3S2. The van der Waals surface area contributed by atoms with Gasteiger partial charge in [-0.1, -0.05) is 35.6 Å². The highest BCUT2D eigenvalue weighted by molar-refractivity contribution is 7.90. The molecule has 1 aromatic heterocycles. The Labute approximate surface area is 144 Å². The Morgan fingerprint density at radius 1 is 1.17 bits per heavy atom. The van der Waals surface area contributed by atoms with Crippen LogP contribution in [0.1, 0.15) is 5.56 Å². The van der Waals surface area contributed by atoms with Crippen molar-refractivity contribution in [1.82, 2.24) is 4.57 Å². The van der Waals surface area contributed by atoms with Crippen LogP contribution in [0.2, 0.25) is 0 Å². The van der Waals surface area contributed by atoms with Crippen LogP contribution in [0.15, 0.2) is 57.8 Å². The summed E-state index contributed by atoms with van der Waals surface area (Å²) in [6.07, 6.45) is 0. The topological polar surface area (TPSA) is 60.7 Å². The molecule has 0 amide bonds. The first-order chi connectivity index (χ1) is 11.5. The number of hydrogen-bond acceptors (Lipinski definition) is 4. The predicted octanol–water partition coefficient (Wildman–Crippen LogP) is 2.95. The number of benzene rings is 2. The van der Waals surface area contributed by atoms with Crippen molar-refractivity contribution >= 4 is 31.6 Å². The number of ether oxygens (including phenoxy) is 1. The van der Waals surface area contributed by atoms with Crippen LogP contribution in [0, 0.1) is 6.92 Å². The quantitative estimate of drug-likeness (QED) is 0.701. The molecular weight excluding hydrogens is 344 g/mol. The van der Waals surface area contributed by atoms with Crippen LogP contribution in [0.5, 0.6) is 0 Å². The van der Waals surface area contributed by atoms with E-state index in [-0.39, 0.29) is 4.90 Å². The van der Waals surface area contributed by atoms with Gasteiger partial charge >= 0.3 is 0 Å². The summed E-state index contributed by atoms with van der Waals surface area (Å²) < 4.78 is 37.3. The van der Waals surface area contributed by atoms with E-state index in [0.29, 0.717) is 18.0 Å². The number of fused-ring (bicyclic) bond motifs is 1. The third-order valence-corrected chi connectivity index (χ3v) is 6.03. The van der Waals surface area contributed by atoms with Crippen molar-refractivity contribution in [2.24, 2.45) is 4.40 Å². The summed E-state index contributed by atoms with van der Waals surface area (Å²) in [5.74, 6) is 0. The van der Waals surface area contributed by atoms with E-state index in [1.807, 2.05) is 29.7 Å². The van der Waals surface area contributed by atoms with Crippen LogP contribution in [0.25, 0.3) is 10.2 Å². The number of hydrogen-bond donors (Lipinski definition) is 0. The van der Waals surface area contributed by atoms with E-state index in [4.69, 9.17) is 4.74 Å². The average molecular weight is 362 g/mol. The van der Waals surface area contributed by atoms with Crippen molar-refractivity contribution in [2.75, 3.05) is 13.7 Å². The zero-order valence-corrected chi connectivity index (χ0v) is 15.1.